The van der Waals surface area contributed by atoms with Gasteiger partial charge in [0.2, 0.25) is 0 Å². The number of unbranched alkanes of at least 4 members (excludes halogenated alkanes) is 8. The van der Waals surface area contributed by atoms with Crippen LogP contribution in [-0.2, 0) is 4.43 Å². The van der Waals surface area contributed by atoms with Crippen molar-refractivity contribution in [1.82, 2.24) is 0 Å². The predicted molar refractivity (Wildman–Crippen MR) is 116 cm³/mol. The lowest BCUT2D eigenvalue weighted by atomic mass is 10.0. The SMILES string of the molecule is CCCCCCCCCCC(CCCC)O[Si](C)(C)C1CCCCC1. The normalized spacial score (nSPS) is 17.8. The van der Waals surface area contributed by atoms with Crippen LogP contribution in [0, 0.1) is 0 Å². The molecule has 0 aromatic rings. The molecule has 0 aromatic heterocycles. The lowest BCUT2D eigenvalue weighted by Crippen LogP contribution is -2.41. The average molecular weight is 369 g/mol. The molecule has 1 rings (SSSR count). The van der Waals surface area contributed by atoms with Crippen LogP contribution >= 0.6 is 0 Å². The largest absolute Gasteiger partial charge is 0.414 e. The fraction of sp³-hybridized carbons (Fsp3) is 1.00. The Bertz CT molecular complexity index is 296. The van der Waals surface area contributed by atoms with Crippen molar-refractivity contribution in [1.29, 1.82) is 0 Å². The monoisotopic (exact) mass is 368 g/mol. The van der Waals surface area contributed by atoms with Crippen molar-refractivity contribution in [3.05, 3.63) is 0 Å². The summed E-state index contributed by atoms with van der Waals surface area (Å²) < 4.78 is 6.88. The molecule has 0 bridgehead atoms. The van der Waals surface area contributed by atoms with Crippen LogP contribution < -0.4 is 0 Å². The minimum Gasteiger partial charge on any atom is -0.414 e. The second-order valence-electron chi connectivity index (χ2n) is 9.08. The van der Waals surface area contributed by atoms with Gasteiger partial charge in [-0.05, 0) is 31.5 Å². The summed E-state index contributed by atoms with van der Waals surface area (Å²) >= 11 is 0. The maximum Gasteiger partial charge on any atom is 0.190 e. The Kier molecular flexibility index (Phi) is 13.2. The predicted octanol–water partition coefficient (Wildman–Crippen LogP) is 8.63. The molecule has 0 amide bonds. The third-order valence-electron chi connectivity index (χ3n) is 6.32. The van der Waals surface area contributed by atoms with Gasteiger partial charge in [-0.25, -0.2) is 0 Å². The van der Waals surface area contributed by atoms with Crippen LogP contribution in [0.25, 0.3) is 0 Å². The van der Waals surface area contributed by atoms with Crippen molar-refractivity contribution in [3.8, 4) is 0 Å². The van der Waals surface area contributed by atoms with Gasteiger partial charge in [0.05, 0.1) is 0 Å². The Morgan fingerprint density at radius 3 is 1.84 bits per heavy atom. The molecule has 1 saturated carbocycles. The molecule has 0 radical (unpaired) electrons. The summed E-state index contributed by atoms with van der Waals surface area (Å²) in [5.74, 6) is 0. The van der Waals surface area contributed by atoms with Gasteiger partial charge in [-0.2, -0.15) is 0 Å². The van der Waals surface area contributed by atoms with E-state index in [0.717, 1.165) is 5.54 Å². The van der Waals surface area contributed by atoms with Gasteiger partial charge in [-0.3, -0.25) is 0 Å². The molecule has 0 saturated heterocycles. The molecule has 0 heterocycles. The van der Waals surface area contributed by atoms with Gasteiger partial charge >= 0.3 is 0 Å². The smallest absolute Gasteiger partial charge is 0.190 e. The van der Waals surface area contributed by atoms with Crippen LogP contribution in [0.1, 0.15) is 123 Å². The second kappa shape index (κ2) is 14.3. The lowest BCUT2D eigenvalue weighted by molar-refractivity contribution is 0.156. The van der Waals surface area contributed by atoms with Gasteiger partial charge in [0.15, 0.2) is 8.32 Å². The number of rotatable bonds is 15. The highest BCUT2D eigenvalue weighted by Gasteiger charge is 2.36. The van der Waals surface area contributed by atoms with E-state index in [1.807, 2.05) is 0 Å². The highest BCUT2D eigenvalue weighted by molar-refractivity contribution is 6.72. The van der Waals surface area contributed by atoms with E-state index in [0.29, 0.717) is 6.10 Å². The molecule has 1 nitrogen and oxygen atoms in total. The summed E-state index contributed by atoms with van der Waals surface area (Å²) in [6, 6.07) is 0. The van der Waals surface area contributed by atoms with Crippen molar-refractivity contribution < 1.29 is 4.43 Å². The first-order chi connectivity index (χ1) is 12.1. The first kappa shape index (κ1) is 23.2. The molecule has 1 aliphatic carbocycles. The summed E-state index contributed by atoms with van der Waals surface area (Å²) in [4.78, 5) is 0. The minimum atomic E-state index is -1.51. The van der Waals surface area contributed by atoms with Crippen LogP contribution in [-0.4, -0.2) is 14.4 Å². The van der Waals surface area contributed by atoms with Crippen molar-refractivity contribution >= 4 is 8.32 Å². The highest BCUT2D eigenvalue weighted by atomic mass is 28.4. The zero-order valence-corrected chi connectivity index (χ0v) is 19.1. The van der Waals surface area contributed by atoms with Crippen LogP contribution in [0.3, 0.4) is 0 Å². The second-order valence-corrected chi connectivity index (χ2v) is 13.3. The first-order valence-electron chi connectivity index (χ1n) is 11.8. The molecule has 0 spiro atoms. The standard InChI is InChI=1S/C23H48OSi/c1-5-7-9-10-11-12-13-15-19-22(18-8-6-2)24-25(3,4)23-20-16-14-17-21-23/h22-23H,5-21H2,1-4H3. The summed E-state index contributed by atoms with van der Waals surface area (Å²) in [6.45, 7) is 9.64. The molecule has 1 atom stereocenters. The minimum absolute atomic E-state index is 0.559. The van der Waals surface area contributed by atoms with E-state index in [1.54, 1.807) is 0 Å². The molecule has 150 valence electrons. The Labute approximate surface area is 160 Å². The fourth-order valence-corrected chi connectivity index (χ4v) is 7.61. The molecular weight excluding hydrogens is 320 g/mol. The van der Waals surface area contributed by atoms with E-state index < -0.39 is 8.32 Å². The lowest BCUT2D eigenvalue weighted by Gasteiger charge is -2.38. The molecule has 0 aromatic carbocycles. The Morgan fingerprint density at radius 2 is 1.24 bits per heavy atom. The van der Waals surface area contributed by atoms with Crippen molar-refractivity contribution in [2.45, 2.75) is 148 Å². The maximum absolute atomic E-state index is 6.88. The van der Waals surface area contributed by atoms with Gasteiger partial charge in [-0.15, -0.1) is 0 Å². The molecule has 2 heteroatoms. The fourth-order valence-electron chi connectivity index (χ4n) is 4.52. The Balaban J connectivity index is 2.27. The van der Waals surface area contributed by atoms with Gasteiger partial charge in [0.25, 0.3) is 0 Å². The Morgan fingerprint density at radius 1 is 0.720 bits per heavy atom. The summed E-state index contributed by atoms with van der Waals surface area (Å²) in [5.41, 5.74) is 0.920. The molecule has 0 aliphatic heterocycles. The van der Waals surface area contributed by atoms with E-state index in [2.05, 4.69) is 26.9 Å². The molecule has 0 N–H and O–H groups in total. The zero-order valence-electron chi connectivity index (χ0n) is 18.1. The third-order valence-corrected chi connectivity index (χ3v) is 9.80. The van der Waals surface area contributed by atoms with E-state index in [-0.39, 0.29) is 0 Å². The van der Waals surface area contributed by atoms with Gasteiger partial charge in [0.1, 0.15) is 0 Å². The molecule has 1 fully saturated rings. The summed E-state index contributed by atoms with van der Waals surface area (Å²) in [7, 11) is -1.51. The molecule has 1 aliphatic rings. The van der Waals surface area contributed by atoms with Crippen molar-refractivity contribution in [3.63, 3.8) is 0 Å². The van der Waals surface area contributed by atoms with Crippen LogP contribution in [0.2, 0.25) is 18.6 Å². The maximum atomic E-state index is 6.88. The zero-order chi connectivity index (χ0) is 18.4. The Hall–Kier alpha value is 0.177. The van der Waals surface area contributed by atoms with Gasteiger partial charge in [-0.1, -0.05) is 110 Å². The topological polar surface area (TPSA) is 9.23 Å². The molecule has 1 unspecified atom stereocenters. The van der Waals surface area contributed by atoms with Gasteiger partial charge < -0.3 is 4.43 Å². The number of hydrogen-bond donors (Lipinski definition) is 0. The van der Waals surface area contributed by atoms with Crippen molar-refractivity contribution in [2.75, 3.05) is 0 Å². The quantitative estimate of drug-likeness (QED) is 0.207. The molecule has 25 heavy (non-hydrogen) atoms. The van der Waals surface area contributed by atoms with E-state index >= 15 is 0 Å². The first-order valence-corrected chi connectivity index (χ1v) is 14.8. The van der Waals surface area contributed by atoms with E-state index in [9.17, 15) is 0 Å². The third kappa shape index (κ3) is 10.8. The van der Waals surface area contributed by atoms with E-state index in [1.165, 1.54) is 109 Å². The highest BCUT2D eigenvalue weighted by Crippen LogP contribution is 2.38. The number of hydrogen-bond acceptors (Lipinski definition) is 1. The van der Waals surface area contributed by atoms with E-state index in [4.69, 9.17) is 4.43 Å². The van der Waals surface area contributed by atoms with Gasteiger partial charge in [0, 0.05) is 6.10 Å². The summed E-state index contributed by atoms with van der Waals surface area (Å²) in [5, 5.41) is 0. The van der Waals surface area contributed by atoms with Crippen molar-refractivity contribution in [2.24, 2.45) is 0 Å². The van der Waals surface area contributed by atoms with Crippen LogP contribution in [0.4, 0.5) is 0 Å². The average Bonchev–Trinajstić information content (AvgIpc) is 2.62. The van der Waals surface area contributed by atoms with Crippen LogP contribution in [0.5, 0.6) is 0 Å². The van der Waals surface area contributed by atoms with Crippen LogP contribution in [0.15, 0.2) is 0 Å². The summed E-state index contributed by atoms with van der Waals surface area (Å²) in [6.07, 6.45) is 24.4. The molecular formula is C23H48OSi.